The van der Waals surface area contributed by atoms with E-state index in [2.05, 4.69) is 0 Å². The van der Waals surface area contributed by atoms with Gasteiger partial charge in [-0.25, -0.2) is 9.18 Å². The number of carbonyl (C=O) groups is 1. The van der Waals surface area contributed by atoms with E-state index in [1.165, 1.54) is 12.1 Å². The van der Waals surface area contributed by atoms with Crippen LogP contribution in [0.15, 0.2) is 42.5 Å². The van der Waals surface area contributed by atoms with Crippen molar-refractivity contribution >= 4 is 23.4 Å². The molecule has 1 unspecified atom stereocenters. The zero-order valence-corrected chi connectivity index (χ0v) is 15.7. The van der Waals surface area contributed by atoms with Gasteiger partial charge in [-0.05, 0) is 68.5 Å². The van der Waals surface area contributed by atoms with Gasteiger partial charge in [0.05, 0.1) is 0 Å². The van der Waals surface area contributed by atoms with E-state index in [0.29, 0.717) is 30.0 Å². The van der Waals surface area contributed by atoms with Crippen molar-refractivity contribution in [2.45, 2.75) is 38.7 Å². The highest BCUT2D eigenvalue weighted by Gasteiger charge is 2.33. The normalized spacial score (nSPS) is 12.6. The Morgan fingerprint density at radius 1 is 1.23 bits per heavy atom. The summed E-state index contributed by atoms with van der Waals surface area (Å²) in [6, 6.07) is 11.7. The average molecular weight is 379 g/mol. The van der Waals surface area contributed by atoms with Crippen LogP contribution in [0.4, 0.5) is 14.9 Å². The zero-order chi connectivity index (χ0) is 19.3. The van der Waals surface area contributed by atoms with Crippen LogP contribution in [0.2, 0.25) is 5.02 Å². The third kappa shape index (κ3) is 5.63. The fraction of sp³-hybridized carbons (Fsp3) is 0.350. The Balaban J connectivity index is 2.18. The minimum atomic E-state index is -0.815. The molecule has 2 rings (SSSR count). The van der Waals surface area contributed by atoms with Crippen LogP contribution < -0.4 is 11.5 Å². The smallest absolute Gasteiger partial charge is 0.405 e. The summed E-state index contributed by atoms with van der Waals surface area (Å²) in [5.74, 6) is -0.319. The van der Waals surface area contributed by atoms with Crippen molar-refractivity contribution in [1.29, 1.82) is 0 Å². The Hall–Kier alpha value is -2.27. The highest BCUT2D eigenvalue weighted by molar-refractivity contribution is 6.31. The third-order valence-corrected chi connectivity index (χ3v) is 4.93. The highest BCUT2D eigenvalue weighted by Crippen LogP contribution is 2.31. The van der Waals surface area contributed by atoms with Gasteiger partial charge < -0.3 is 16.2 Å². The van der Waals surface area contributed by atoms with Crippen LogP contribution in [0.5, 0.6) is 0 Å². The van der Waals surface area contributed by atoms with Crippen molar-refractivity contribution < 1.29 is 13.9 Å². The maximum absolute atomic E-state index is 13.2. The molecule has 6 heteroatoms. The van der Waals surface area contributed by atoms with Gasteiger partial charge in [-0.3, -0.25) is 0 Å². The third-order valence-electron chi connectivity index (χ3n) is 4.58. The Morgan fingerprint density at radius 3 is 2.46 bits per heavy atom. The predicted octanol–water partition coefficient (Wildman–Crippen LogP) is 4.73. The summed E-state index contributed by atoms with van der Waals surface area (Å²) in [6.45, 7) is 3.66. The van der Waals surface area contributed by atoms with Crippen molar-refractivity contribution in [3.05, 3.63) is 64.4 Å². The number of carbonyl (C=O) groups excluding carboxylic acids is 1. The van der Waals surface area contributed by atoms with Gasteiger partial charge in [-0.1, -0.05) is 29.8 Å². The molecule has 2 aromatic carbocycles. The number of nitrogens with two attached hydrogens (primary N) is 2. The monoisotopic (exact) mass is 378 g/mol. The van der Waals surface area contributed by atoms with E-state index in [0.717, 1.165) is 11.1 Å². The molecule has 0 spiro atoms. The Bertz CT molecular complexity index is 763. The van der Waals surface area contributed by atoms with Gasteiger partial charge in [0.15, 0.2) is 0 Å². The lowest BCUT2D eigenvalue weighted by atomic mass is 9.81. The molecule has 0 aliphatic heterocycles. The van der Waals surface area contributed by atoms with Crippen LogP contribution in [0.1, 0.15) is 31.4 Å². The summed E-state index contributed by atoms with van der Waals surface area (Å²) < 4.78 is 18.5. The van der Waals surface area contributed by atoms with Crippen molar-refractivity contribution in [3.8, 4) is 0 Å². The van der Waals surface area contributed by atoms with E-state index < -0.39 is 11.7 Å². The molecule has 0 saturated carbocycles. The minimum Gasteiger partial charge on any atom is -0.443 e. The molecule has 4 nitrogen and oxygen atoms in total. The topological polar surface area (TPSA) is 78.3 Å². The van der Waals surface area contributed by atoms with Gasteiger partial charge >= 0.3 is 6.09 Å². The lowest BCUT2D eigenvalue weighted by Crippen LogP contribution is -2.40. The highest BCUT2D eigenvalue weighted by atomic mass is 35.5. The molecule has 0 fully saturated rings. The molecule has 0 bridgehead atoms. The van der Waals surface area contributed by atoms with Crippen LogP contribution in [0.25, 0.3) is 0 Å². The van der Waals surface area contributed by atoms with Crippen LogP contribution in [-0.4, -0.2) is 11.7 Å². The summed E-state index contributed by atoms with van der Waals surface area (Å²) in [5.41, 5.74) is 12.7. The summed E-state index contributed by atoms with van der Waals surface area (Å²) in [6.07, 6.45) is 1.20. The fourth-order valence-electron chi connectivity index (χ4n) is 3.04. The van der Waals surface area contributed by atoms with Crippen molar-refractivity contribution in [2.24, 2.45) is 11.7 Å². The molecule has 26 heavy (non-hydrogen) atoms. The lowest BCUT2D eigenvalue weighted by molar-refractivity contribution is -0.00424. The van der Waals surface area contributed by atoms with Crippen LogP contribution >= 0.6 is 11.6 Å². The first-order chi connectivity index (χ1) is 12.2. The molecule has 0 radical (unpaired) electrons. The number of rotatable bonds is 7. The average Bonchev–Trinajstić information content (AvgIpc) is 2.53. The van der Waals surface area contributed by atoms with Gasteiger partial charge in [0.2, 0.25) is 0 Å². The summed E-state index contributed by atoms with van der Waals surface area (Å²) >= 11 is 6.26. The molecule has 0 aliphatic rings. The van der Waals surface area contributed by atoms with Crippen molar-refractivity contribution in [1.82, 2.24) is 0 Å². The van der Waals surface area contributed by atoms with Crippen LogP contribution in [0.3, 0.4) is 0 Å². The second kappa shape index (κ2) is 8.41. The number of hydrogen-bond donors (Lipinski definition) is 2. The second-order valence-electron chi connectivity index (χ2n) is 6.94. The summed E-state index contributed by atoms with van der Waals surface area (Å²) in [4.78, 5) is 11.3. The molecule has 0 aromatic heterocycles. The minimum absolute atomic E-state index is 0.0333. The van der Waals surface area contributed by atoms with Gasteiger partial charge in [0.25, 0.3) is 0 Å². The molecule has 1 amide bonds. The van der Waals surface area contributed by atoms with E-state index in [1.807, 2.05) is 19.9 Å². The number of aryl methyl sites for hydroxylation is 1. The van der Waals surface area contributed by atoms with Crippen LogP contribution in [0, 0.1) is 11.7 Å². The van der Waals surface area contributed by atoms with E-state index in [-0.39, 0.29) is 11.7 Å². The number of anilines is 1. The molecule has 1 atom stereocenters. The summed E-state index contributed by atoms with van der Waals surface area (Å²) in [7, 11) is 0. The largest absolute Gasteiger partial charge is 0.443 e. The first-order valence-electron chi connectivity index (χ1n) is 8.44. The molecule has 0 heterocycles. The predicted molar refractivity (Wildman–Crippen MR) is 103 cm³/mol. The Morgan fingerprint density at radius 2 is 1.88 bits per heavy atom. The number of amides is 1. The second-order valence-corrected chi connectivity index (χ2v) is 7.35. The maximum atomic E-state index is 13.2. The number of nitrogen functional groups attached to an aromatic ring is 1. The molecule has 140 valence electrons. The SMILES string of the molecule is CC(C)(OC(N)=O)C(CCc1ccc(N)cc1Cl)Cc1ccc(F)cc1. The van der Waals surface area contributed by atoms with Gasteiger partial charge in [-0.2, -0.15) is 0 Å². The molecule has 0 aliphatic carbocycles. The number of benzene rings is 2. The van der Waals surface area contributed by atoms with Crippen LogP contribution in [-0.2, 0) is 17.6 Å². The molecule has 2 aromatic rings. The molecule has 4 N–H and O–H groups in total. The lowest BCUT2D eigenvalue weighted by Gasteiger charge is -2.34. The quantitative estimate of drug-likeness (QED) is 0.684. The molecular weight excluding hydrogens is 355 g/mol. The maximum Gasteiger partial charge on any atom is 0.405 e. The van der Waals surface area contributed by atoms with E-state index in [4.69, 9.17) is 27.8 Å². The Labute approximate surface area is 158 Å². The van der Waals surface area contributed by atoms with Gasteiger partial charge in [-0.15, -0.1) is 0 Å². The standard InChI is InChI=1S/C20H24ClFN2O2/c1-20(2,26-19(24)25)15(11-13-3-8-16(22)9-4-13)7-5-14-6-10-17(23)12-18(14)21/h3-4,6,8-10,12,15H,5,7,11,23H2,1-2H3,(H2,24,25). The fourth-order valence-corrected chi connectivity index (χ4v) is 3.32. The first-order valence-corrected chi connectivity index (χ1v) is 8.82. The van der Waals surface area contributed by atoms with Crippen molar-refractivity contribution in [2.75, 3.05) is 5.73 Å². The Kier molecular flexibility index (Phi) is 6.48. The van der Waals surface area contributed by atoms with Gasteiger partial charge in [0, 0.05) is 16.6 Å². The molecular formula is C20H24ClFN2O2. The van der Waals surface area contributed by atoms with E-state index in [9.17, 15) is 9.18 Å². The van der Waals surface area contributed by atoms with E-state index in [1.54, 1.807) is 24.3 Å². The number of hydrogen-bond acceptors (Lipinski definition) is 3. The van der Waals surface area contributed by atoms with Gasteiger partial charge in [0.1, 0.15) is 11.4 Å². The number of ether oxygens (including phenoxy) is 1. The molecule has 0 saturated heterocycles. The number of halogens is 2. The first kappa shape index (κ1) is 20.0. The van der Waals surface area contributed by atoms with E-state index >= 15 is 0 Å². The summed E-state index contributed by atoms with van der Waals surface area (Å²) in [5, 5.41) is 0.610. The zero-order valence-electron chi connectivity index (χ0n) is 15.0. The van der Waals surface area contributed by atoms with Crippen molar-refractivity contribution in [3.63, 3.8) is 0 Å². The number of primary amides is 1.